The summed E-state index contributed by atoms with van der Waals surface area (Å²) >= 11 is 0. The first-order valence-corrected chi connectivity index (χ1v) is 10.0. The van der Waals surface area contributed by atoms with Crippen LogP contribution in [0.2, 0.25) is 0 Å². The molecule has 0 saturated carbocycles. The maximum atomic E-state index is 14.4. The molecule has 0 amide bonds. The highest BCUT2D eigenvalue weighted by atomic mass is 19.2. The second kappa shape index (κ2) is 10.2. The van der Waals surface area contributed by atoms with Crippen LogP contribution < -0.4 is 9.47 Å². The lowest BCUT2D eigenvalue weighted by molar-refractivity contribution is 0.0713. The summed E-state index contributed by atoms with van der Waals surface area (Å²) in [6, 6.07) is 6.05. The number of esters is 2. The Bertz CT molecular complexity index is 1250. The SMILES string of the molecule is CCC(C)c1ccc(C(=O)Oc2c(F)c(F)c(C(=O)Oc3cc(F)c(F)c(F)c3)c(F)c2F)cc1. The average Bonchev–Trinajstić information content (AvgIpc) is 2.83. The summed E-state index contributed by atoms with van der Waals surface area (Å²) in [5.41, 5.74) is -1.23. The Morgan fingerprint density at radius 3 is 1.74 bits per heavy atom. The number of carbonyl (C=O) groups is 2. The lowest BCUT2D eigenvalue weighted by atomic mass is 9.98. The van der Waals surface area contributed by atoms with Crippen LogP contribution in [-0.2, 0) is 0 Å². The smallest absolute Gasteiger partial charge is 0.349 e. The van der Waals surface area contributed by atoms with Crippen molar-refractivity contribution in [3.8, 4) is 11.5 Å². The first-order chi connectivity index (χ1) is 16.5. The lowest BCUT2D eigenvalue weighted by Crippen LogP contribution is -2.19. The van der Waals surface area contributed by atoms with Crippen LogP contribution in [-0.4, -0.2) is 11.9 Å². The van der Waals surface area contributed by atoms with E-state index >= 15 is 0 Å². The number of rotatable bonds is 6. The molecule has 0 spiro atoms. The molecule has 184 valence electrons. The van der Waals surface area contributed by atoms with Gasteiger partial charge < -0.3 is 9.47 Å². The van der Waals surface area contributed by atoms with Crippen molar-refractivity contribution in [1.29, 1.82) is 0 Å². The number of hydrogen-bond acceptors (Lipinski definition) is 4. The zero-order valence-electron chi connectivity index (χ0n) is 18.0. The van der Waals surface area contributed by atoms with Crippen LogP contribution in [0.1, 0.15) is 52.5 Å². The van der Waals surface area contributed by atoms with Crippen LogP contribution in [0.25, 0.3) is 0 Å². The number of benzene rings is 3. The first kappa shape index (κ1) is 25.7. The van der Waals surface area contributed by atoms with E-state index in [1.165, 1.54) is 12.1 Å². The summed E-state index contributed by atoms with van der Waals surface area (Å²) < 4.78 is 106. The molecule has 3 rings (SSSR count). The van der Waals surface area contributed by atoms with Gasteiger partial charge in [0.05, 0.1) is 5.56 Å². The molecule has 1 atom stereocenters. The molecule has 1 unspecified atom stereocenters. The van der Waals surface area contributed by atoms with E-state index in [1.54, 1.807) is 12.1 Å². The molecule has 0 bridgehead atoms. The van der Waals surface area contributed by atoms with Gasteiger partial charge in [-0.15, -0.1) is 0 Å². The Labute approximate surface area is 193 Å². The van der Waals surface area contributed by atoms with Gasteiger partial charge in [-0.1, -0.05) is 26.0 Å². The van der Waals surface area contributed by atoms with Gasteiger partial charge in [-0.05, 0) is 30.0 Å². The van der Waals surface area contributed by atoms with Crippen molar-refractivity contribution in [3.05, 3.63) is 93.8 Å². The maximum Gasteiger partial charge on any atom is 0.349 e. The predicted octanol–water partition coefficient (Wildman–Crippen LogP) is 6.61. The van der Waals surface area contributed by atoms with E-state index in [0.29, 0.717) is 0 Å². The molecule has 3 aromatic carbocycles. The minimum Gasteiger partial charge on any atom is -0.423 e. The fraction of sp³-hybridized carbons (Fsp3) is 0.167. The van der Waals surface area contributed by atoms with E-state index in [9.17, 15) is 40.3 Å². The van der Waals surface area contributed by atoms with E-state index in [2.05, 4.69) is 9.47 Å². The Hall–Kier alpha value is -3.89. The highest BCUT2D eigenvalue weighted by molar-refractivity contribution is 5.93. The molecule has 11 heteroatoms. The highest BCUT2D eigenvalue weighted by Gasteiger charge is 2.33. The average molecular weight is 500 g/mol. The molecule has 0 saturated heterocycles. The van der Waals surface area contributed by atoms with Crippen LogP contribution >= 0.6 is 0 Å². The molecule has 0 aromatic heterocycles. The maximum absolute atomic E-state index is 14.4. The lowest BCUT2D eigenvalue weighted by Gasteiger charge is -2.13. The molecule has 35 heavy (non-hydrogen) atoms. The molecule has 0 N–H and O–H groups in total. The van der Waals surface area contributed by atoms with Crippen molar-refractivity contribution in [2.24, 2.45) is 0 Å². The molecule has 0 aliphatic rings. The Kier molecular flexibility index (Phi) is 7.47. The molecule has 0 heterocycles. The van der Waals surface area contributed by atoms with Crippen molar-refractivity contribution >= 4 is 11.9 Å². The zero-order chi connectivity index (χ0) is 26.0. The summed E-state index contributed by atoms with van der Waals surface area (Å²) in [6.45, 7) is 3.87. The van der Waals surface area contributed by atoms with E-state index in [-0.39, 0.29) is 23.6 Å². The summed E-state index contributed by atoms with van der Waals surface area (Å²) in [4.78, 5) is 24.3. The van der Waals surface area contributed by atoms with Gasteiger partial charge in [0, 0.05) is 12.1 Å². The van der Waals surface area contributed by atoms with Gasteiger partial charge in [-0.3, -0.25) is 0 Å². The Morgan fingerprint density at radius 1 is 0.743 bits per heavy atom. The van der Waals surface area contributed by atoms with Crippen molar-refractivity contribution in [2.75, 3.05) is 0 Å². The largest absolute Gasteiger partial charge is 0.423 e. The fourth-order valence-corrected chi connectivity index (χ4v) is 2.96. The van der Waals surface area contributed by atoms with Gasteiger partial charge in [0.25, 0.3) is 0 Å². The molecular weight excluding hydrogens is 485 g/mol. The molecule has 0 radical (unpaired) electrons. The van der Waals surface area contributed by atoms with Crippen LogP contribution in [0.5, 0.6) is 11.5 Å². The number of ether oxygens (including phenoxy) is 2. The monoisotopic (exact) mass is 500 g/mol. The van der Waals surface area contributed by atoms with Gasteiger partial charge in [-0.25, -0.2) is 31.5 Å². The molecular formula is C24H15F7O4. The standard InChI is InChI=1S/C24H15F7O4/c1-3-10(2)11-4-6-12(7-5-11)23(32)35-22-20(30)18(28)16(19(29)21(22)31)24(33)34-13-8-14(25)17(27)15(26)9-13/h4-10H,3H2,1-2H3. The van der Waals surface area contributed by atoms with E-state index < -0.39 is 69.7 Å². The van der Waals surface area contributed by atoms with Crippen LogP contribution in [0.3, 0.4) is 0 Å². The minimum atomic E-state index is -2.30. The van der Waals surface area contributed by atoms with Gasteiger partial charge >= 0.3 is 11.9 Å². The highest BCUT2D eigenvalue weighted by Crippen LogP contribution is 2.32. The third-order valence-electron chi connectivity index (χ3n) is 5.12. The number of carbonyl (C=O) groups excluding carboxylic acids is 2. The third-order valence-corrected chi connectivity index (χ3v) is 5.12. The normalized spacial score (nSPS) is 11.8. The first-order valence-electron chi connectivity index (χ1n) is 10.0. The second-order valence-electron chi connectivity index (χ2n) is 7.37. The fourth-order valence-electron chi connectivity index (χ4n) is 2.96. The van der Waals surface area contributed by atoms with E-state index in [0.717, 1.165) is 12.0 Å². The predicted molar refractivity (Wildman–Crippen MR) is 108 cm³/mol. The van der Waals surface area contributed by atoms with Crippen molar-refractivity contribution in [2.45, 2.75) is 26.2 Å². The van der Waals surface area contributed by atoms with Crippen LogP contribution in [0.4, 0.5) is 30.7 Å². The zero-order valence-corrected chi connectivity index (χ0v) is 18.0. The molecule has 4 nitrogen and oxygen atoms in total. The topological polar surface area (TPSA) is 52.6 Å². The second-order valence-corrected chi connectivity index (χ2v) is 7.37. The molecule has 3 aromatic rings. The summed E-state index contributed by atoms with van der Waals surface area (Å²) in [6.07, 6.45) is 0.804. The summed E-state index contributed by atoms with van der Waals surface area (Å²) in [5, 5.41) is 0. The van der Waals surface area contributed by atoms with Crippen molar-refractivity contribution < 1.29 is 49.8 Å². The quantitative estimate of drug-likeness (QED) is 0.126. The van der Waals surface area contributed by atoms with Gasteiger partial charge in [0.2, 0.25) is 17.4 Å². The third kappa shape index (κ3) is 5.13. The summed E-state index contributed by atoms with van der Waals surface area (Å²) in [5.74, 6) is -20.7. The molecule has 0 aliphatic carbocycles. The van der Waals surface area contributed by atoms with E-state index in [4.69, 9.17) is 0 Å². The number of halogens is 7. The number of hydrogen-bond donors (Lipinski definition) is 0. The van der Waals surface area contributed by atoms with Gasteiger partial charge in [-0.2, -0.15) is 8.78 Å². The Morgan fingerprint density at radius 2 is 1.26 bits per heavy atom. The van der Waals surface area contributed by atoms with Crippen LogP contribution in [0, 0.1) is 40.7 Å². The van der Waals surface area contributed by atoms with Gasteiger partial charge in [0.1, 0.15) is 11.3 Å². The Balaban J connectivity index is 1.90. The van der Waals surface area contributed by atoms with Crippen LogP contribution in [0.15, 0.2) is 36.4 Å². The minimum absolute atomic E-state index is 0.161. The van der Waals surface area contributed by atoms with Gasteiger partial charge in [0.15, 0.2) is 29.1 Å². The van der Waals surface area contributed by atoms with E-state index in [1.807, 2.05) is 13.8 Å². The molecule has 0 fully saturated rings. The van der Waals surface area contributed by atoms with Crippen molar-refractivity contribution in [1.82, 2.24) is 0 Å². The summed E-state index contributed by atoms with van der Waals surface area (Å²) in [7, 11) is 0. The van der Waals surface area contributed by atoms with Crippen molar-refractivity contribution in [3.63, 3.8) is 0 Å². The molecule has 0 aliphatic heterocycles.